The van der Waals surface area contributed by atoms with Crippen LogP contribution in [0.15, 0.2) is 16.3 Å². The molecule has 1 aliphatic heterocycles. The lowest BCUT2D eigenvalue weighted by atomic mass is 10.5. The first-order chi connectivity index (χ1) is 7.64. The van der Waals surface area contributed by atoms with Crippen molar-refractivity contribution < 1.29 is 8.42 Å². The van der Waals surface area contributed by atoms with Crippen LogP contribution in [0.4, 0.5) is 0 Å². The summed E-state index contributed by atoms with van der Waals surface area (Å²) in [7, 11) is -3.27. The maximum absolute atomic E-state index is 12.2. The van der Waals surface area contributed by atoms with Gasteiger partial charge < -0.3 is 0 Å². The normalized spacial score (nSPS) is 18.8. The largest absolute Gasteiger partial charge is 0.252 e. The zero-order valence-corrected chi connectivity index (χ0v) is 11.8. The van der Waals surface area contributed by atoms with Crippen LogP contribution in [0, 0.1) is 0 Å². The number of rotatable bonds is 3. The van der Waals surface area contributed by atoms with E-state index < -0.39 is 10.0 Å². The predicted molar refractivity (Wildman–Crippen MR) is 70.0 cm³/mol. The Hall–Kier alpha value is 0.250. The Morgan fingerprint density at radius 1 is 1.31 bits per heavy atom. The first-order valence-corrected chi connectivity index (χ1v) is 8.82. The van der Waals surface area contributed by atoms with Gasteiger partial charge in [0.15, 0.2) is 0 Å². The van der Waals surface area contributed by atoms with E-state index >= 15 is 0 Å². The van der Waals surface area contributed by atoms with E-state index in [9.17, 15) is 8.42 Å². The molecular weight excluding hydrogens is 286 g/mol. The zero-order valence-electron chi connectivity index (χ0n) is 8.56. The highest BCUT2D eigenvalue weighted by atomic mass is 35.5. The molecule has 1 aliphatic rings. The summed E-state index contributed by atoms with van der Waals surface area (Å²) in [4.78, 5) is 0.895. The quantitative estimate of drug-likeness (QED) is 0.803. The summed E-state index contributed by atoms with van der Waals surface area (Å²) in [6.45, 7) is 1.22. The minimum Gasteiger partial charge on any atom is -0.206 e. The van der Waals surface area contributed by atoms with Crippen molar-refractivity contribution in [1.82, 2.24) is 4.31 Å². The van der Waals surface area contributed by atoms with E-state index in [0.717, 1.165) is 16.4 Å². The monoisotopic (exact) mass is 297 g/mol. The number of halogens is 1. The van der Waals surface area contributed by atoms with Crippen LogP contribution < -0.4 is 0 Å². The number of alkyl halides is 1. The van der Waals surface area contributed by atoms with Crippen LogP contribution in [0.5, 0.6) is 0 Å². The Bertz CT molecular complexity index is 451. The molecule has 16 heavy (non-hydrogen) atoms. The third-order valence-corrected chi connectivity index (χ3v) is 7.17. The lowest BCUT2D eigenvalue weighted by Crippen LogP contribution is -2.37. The molecule has 0 atom stereocenters. The van der Waals surface area contributed by atoms with Gasteiger partial charge in [-0.15, -0.1) is 22.9 Å². The second-order valence-corrected chi connectivity index (χ2v) is 8.20. The highest BCUT2D eigenvalue weighted by Gasteiger charge is 2.27. The van der Waals surface area contributed by atoms with E-state index in [4.69, 9.17) is 11.6 Å². The first kappa shape index (κ1) is 12.7. The van der Waals surface area contributed by atoms with E-state index in [-0.39, 0.29) is 0 Å². The van der Waals surface area contributed by atoms with Crippen LogP contribution in [0.3, 0.4) is 0 Å². The van der Waals surface area contributed by atoms with Gasteiger partial charge >= 0.3 is 0 Å². The van der Waals surface area contributed by atoms with Gasteiger partial charge in [0.1, 0.15) is 4.21 Å². The van der Waals surface area contributed by atoms with Crippen molar-refractivity contribution >= 4 is 44.7 Å². The van der Waals surface area contributed by atoms with Gasteiger partial charge in [-0.3, -0.25) is 0 Å². The lowest BCUT2D eigenvalue weighted by Gasteiger charge is -2.24. The SMILES string of the molecule is O=S(=O)(c1ccc(CCl)s1)N1CCSCC1. The Labute approximate surface area is 109 Å². The number of thioether (sulfide) groups is 1. The minimum atomic E-state index is -3.27. The van der Waals surface area contributed by atoms with Crippen molar-refractivity contribution in [3.05, 3.63) is 17.0 Å². The van der Waals surface area contributed by atoms with Crippen LogP contribution >= 0.6 is 34.7 Å². The second-order valence-electron chi connectivity index (χ2n) is 3.37. The van der Waals surface area contributed by atoms with Crippen molar-refractivity contribution in [3.8, 4) is 0 Å². The number of thiophene rings is 1. The Morgan fingerprint density at radius 2 is 2.00 bits per heavy atom. The average molecular weight is 298 g/mol. The summed E-state index contributed by atoms with van der Waals surface area (Å²) < 4.78 is 26.4. The van der Waals surface area contributed by atoms with Gasteiger partial charge in [0, 0.05) is 29.5 Å². The molecule has 2 heterocycles. The van der Waals surface area contributed by atoms with Gasteiger partial charge in [0.2, 0.25) is 0 Å². The number of hydrogen-bond donors (Lipinski definition) is 0. The van der Waals surface area contributed by atoms with Gasteiger partial charge in [0.05, 0.1) is 5.88 Å². The Kier molecular flexibility index (Phi) is 4.18. The molecule has 1 aromatic heterocycles. The molecule has 0 spiro atoms. The fourth-order valence-electron chi connectivity index (χ4n) is 1.48. The maximum atomic E-state index is 12.2. The van der Waals surface area contributed by atoms with E-state index in [2.05, 4.69) is 0 Å². The highest BCUT2D eigenvalue weighted by molar-refractivity contribution is 7.99. The van der Waals surface area contributed by atoms with Crippen molar-refractivity contribution in [2.24, 2.45) is 0 Å². The van der Waals surface area contributed by atoms with Gasteiger partial charge in [-0.1, -0.05) is 0 Å². The fourth-order valence-corrected chi connectivity index (χ4v) is 5.67. The molecule has 1 fully saturated rings. The number of nitrogens with zero attached hydrogens (tertiary/aromatic N) is 1. The van der Waals surface area contributed by atoms with Crippen LogP contribution in [0.1, 0.15) is 4.88 Å². The van der Waals surface area contributed by atoms with E-state index in [1.165, 1.54) is 11.3 Å². The third-order valence-electron chi connectivity index (χ3n) is 2.33. The Balaban J connectivity index is 2.23. The smallest absolute Gasteiger partial charge is 0.206 e. The molecule has 90 valence electrons. The van der Waals surface area contributed by atoms with E-state index in [1.54, 1.807) is 28.2 Å². The molecule has 0 N–H and O–H groups in total. The van der Waals surface area contributed by atoms with Crippen LogP contribution in [0.2, 0.25) is 0 Å². The van der Waals surface area contributed by atoms with E-state index in [0.29, 0.717) is 23.2 Å². The second kappa shape index (κ2) is 5.27. The van der Waals surface area contributed by atoms with Gasteiger partial charge in [-0.2, -0.15) is 16.1 Å². The molecule has 0 radical (unpaired) electrons. The molecule has 0 aliphatic carbocycles. The summed E-state index contributed by atoms with van der Waals surface area (Å²) in [5.74, 6) is 2.13. The summed E-state index contributed by atoms with van der Waals surface area (Å²) in [5.41, 5.74) is 0. The number of sulfonamides is 1. The van der Waals surface area contributed by atoms with Gasteiger partial charge in [-0.05, 0) is 12.1 Å². The van der Waals surface area contributed by atoms with Crippen molar-refractivity contribution in [2.45, 2.75) is 10.1 Å². The molecule has 1 saturated heterocycles. The summed E-state index contributed by atoms with van der Waals surface area (Å²) in [6, 6.07) is 3.43. The van der Waals surface area contributed by atoms with E-state index in [1.807, 2.05) is 0 Å². The van der Waals surface area contributed by atoms with Crippen molar-refractivity contribution in [1.29, 1.82) is 0 Å². The first-order valence-electron chi connectivity index (χ1n) is 4.87. The third kappa shape index (κ3) is 2.56. The molecule has 0 aromatic carbocycles. The summed E-state index contributed by atoms with van der Waals surface area (Å²) in [5, 5.41) is 0. The van der Waals surface area contributed by atoms with Crippen molar-refractivity contribution in [3.63, 3.8) is 0 Å². The molecule has 3 nitrogen and oxygen atoms in total. The molecule has 0 unspecified atom stereocenters. The van der Waals surface area contributed by atoms with Gasteiger partial charge in [0.25, 0.3) is 10.0 Å². The minimum absolute atomic E-state index is 0.371. The molecule has 2 rings (SSSR count). The molecular formula is C9H12ClNO2S3. The molecule has 0 amide bonds. The fraction of sp³-hybridized carbons (Fsp3) is 0.556. The lowest BCUT2D eigenvalue weighted by molar-refractivity contribution is 0.445. The number of hydrogen-bond acceptors (Lipinski definition) is 4. The highest BCUT2D eigenvalue weighted by Crippen LogP contribution is 2.27. The summed E-state index contributed by atoms with van der Waals surface area (Å²) in [6.07, 6.45) is 0. The molecule has 0 saturated carbocycles. The topological polar surface area (TPSA) is 37.4 Å². The molecule has 0 bridgehead atoms. The molecule has 7 heteroatoms. The maximum Gasteiger partial charge on any atom is 0.252 e. The average Bonchev–Trinajstić information content (AvgIpc) is 2.79. The summed E-state index contributed by atoms with van der Waals surface area (Å²) >= 11 is 8.74. The van der Waals surface area contributed by atoms with Crippen LogP contribution in [-0.2, 0) is 15.9 Å². The predicted octanol–water partition coefficient (Wildman–Crippen LogP) is 2.22. The standard InChI is InChI=1S/C9H12ClNO2S3/c10-7-8-1-2-9(15-8)16(12,13)11-3-5-14-6-4-11/h1-2H,3-7H2. The molecule has 1 aromatic rings. The van der Waals surface area contributed by atoms with Crippen LogP contribution in [0.25, 0.3) is 0 Å². The van der Waals surface area contributed by atoms with Crippen molar-refractivity contribution in [2.75, 3.05) is 24.6 Å². The Morgan fingerprint density at radius 3 is 2.56 bits per heavy atom. The van der Waals surface area contributed by atoms with Crippen LogP contribution in [-0.4, -0.2) is 37.3 Å². The zero-order chi connectivity index (χ0) is 11.6. The van der Waals surface area contributed by atoms with Gasteiger partial charge in [-0.25, -0.2) is 8.42 Å².